The number of carbonyl (C=O) groups is 2. The summed E-state index contributed by atoms with van der Waals surface area (Å²) in [6, 6.07) is 11.8. The van der Waals surface area contributed by atoms with Crippen LogP contribution in [0.5, 0.6) is 5.88 Å². The number of amides is 2. The number of fused-ring (bicyclic) bond motifs is 1. The molecule has 1 spiro atoms. The van der Waals surface area contributed by atoms with Gasteiger partial charge in [0.25, 0.3) is 0 Å². The first-order valence-corrected chi connectivity index (χ1v) is 18.4. The second kappa shape index (κ2) is 13.8. The number of aromatic nitrogens is 5. The van der Waals surface area contributed by atoms with Gasteiger partial charge in [-0.15, -0.1) is 0 Å². The lowest BCUT2D eigenvalue weighted by molar-refractivity contribution is -0.157. The lowest BCUT2D eigenvalue weighted by Crippen LogP contribution is -2.72. The standard InChI is InChI=1S/C39H40Cl2N8O3/c1-23(50)49-21-39(22-49)19-48(20-39)18-24-17-47(2)37-36(24)43-16-31(45-37)28-10-5-8-26(34(28)40)27-9-6-11-29(35(27)41)32-15-42-30(38(46-32)52-3)12-4-7-25-13-14-33(51)44-25/h5-6,8-11,15-17,25H,4,7,12-14,18-22H2,1-3H3,(H,44,51)/t25-/m0/s1. The monoisotopic (exact) mass is 738 g/mol. The highest BCUT2D eigenvalue weighted by Crippen LogP contribution is 2.43. The van der Waals surface area contributed by atoms with Crippen molar-refractivity contribution in [1.29, 1.82) is 0 Å². The average Bonchev–Trinajstić information content (AvgIpc) is 3.66. The van der Waals surface area contributed by atoms with Gasteiger partial charge in [-0.3, -0.25) is 24.5 Å². The molecule has 3 aromatic heterocycles. The van der Waals surface area contributed by atoms with E-state index in [4.69, 9.17) is 47.9 Å². The molecule has 52 heavy (non-hydrogen) atoms. The van der Waals surface area contributed by atoms with E-state index in [1.807, 2.05) is 52.9 Å². The van der Waals surface area contributed by atoms with Gasteiger partial charge in [0.05, 0.1) is 40.9 Å². The molecule has 3 fully saturated rings. The summed E-state index contributed by atoms with van der Waals surface area (Å²) in [4.78, 5) is 46.9. The van der Waals surface area contributed by atoms with Gasteiger partial charge < -0.3 is 19.5 Å². The second-order valence-electron chi connectivity index (χ2n) is 14.5. The first-order chi connectivity index (χ1) is 25.1. The zero-order valence-corrected chi connectivity index (χ0v) is 31.0. The predicted molar refractivity (Wildman–Crippen MR) is 201 cm³/mol. The third-order valence-corrected chi connectivity index (χ3v) is 11.5. The SMILES string of the molecule is COc1nc(-c2cccc(-c3cccc(-c4cnc5c(CN6CC7(C6)CN(C(C)=O)C7)cn(C)c5n4)c3Cl)c2Cl)cnc1CCC[C@H]1CCC(=O)N1. The van der Waals surface area contributed by atoms with Crippen LogP contribution in [0.25, 0.3) is 44.8 Å². The Labute approximate surface area is 312 Å². The molecule has 2 aromatic carbocycles. The van der Waals surface area contributed by atoms with E-state index in [1.54, 1.807) is 26.4 Å². The Bertz CT molecular complexity index is 2210. The molecule has 8 rings (SSSR count). The highest BCUT2D eigenvalue weighted by Gasteiger charge is 2.52. The number of nitrogens with zero attached hydrogens (tertiary/aromatic N) is 7. The van der Waals surface area contributed by atoms with E-state index in [1.165, 1.54) is 0 Å². The van der Waals surface area contributed by atoms with Crippen LogP contribution in [0.4, 0.5) is 0 Å². The minimum Gasteiger partial charge on any atom is -0.480 e. The number of nitrogens with one attached hydrogen (secondary N) is 1. The third kappa shape index (κ3) is 6.39. The summed E-state index contributed by atoms with van der Waals surface area (Å²) in [5, 5.41) is 4.04. The number of methoxy groups -OCH3 is 1. The average molecular weight is 740 g/mol. The number of aryl methyl sites for hydroxylation is 2. The van der Waals surface area contributed by atoms with Crippen molar-refractivity contribution in [3.8, 4) is 39.5 Å². The molecule has 268 valence electrons. The van der Waals surface area contributed by atoms with Crippen LogP contribution in [0.2, 0.25) is 10.0 Å². The quantitative estimate of drug-likeness (QED) is 0.176. The molecule has 11 nitrogen and oxygen atoms in total. The molecular formula is C39H40Cl2N8O3. The lowest BCUT2D eigenvalue weighted by Gasteiger charge is -2.60. The topological polar surface area (TPSA) is 118 Å². The van der Waals surface area contributed by atoms with Gasteiger partial charge >= 0.3 is 0 Å². The van der Waals surface area contributed by atoms with Crippen LogP contribution in [-0.2, 0) is 29.6 Å². The van der Waals surface area contributed by atoms with Crippen molar-refractivity contribution in [2.24, 2.45) is 12.5 Å². The van der Waals surface area contributed by atoms with Gasteiger partial charge in [0.2, 0.25) is 17.7 Å². The maximum atomic E-state index is 11.7. The molecule has 1 N–H and O–H groups in total. The molecule has 3 saturated heterocycles. The number of ether oxygens (including phenoxy) is 1. The molecule has 0 saturated carbocycles. The summed E-state index contributed by atoms with van der Waals surface area (Å²) in [7, 11) is 3.58. The number of hydrogen-bond acceptors (Lipinski definition) is 8. The number of hydrogen-bond donors (Lipinski definition) is 1. The van der Waals surface area contributed by atoms with E-state index in [9.17, 15) is 9.59 Å². The zero-order valence-electron chi connectivity index (χ0n) is 29.5. The molecule has 6 heterocycles. The van der Waals surface area contributed by atoms with Crippen LogP contribution in [0.3, 0.4) is 0 Å². The highest BCUT2D eigenvalue weighted by atomic mass is 35.5. The van der Waals surface area contributed by atoms with Crippen molar-refractivity contribution in [1.82, 2.24) is 39.6 Å². The molecule has 3 aliphatic heterocycles. The molecule has 13 heteroatoms. The number of carbonyl (C=O) groups excluding carboxylic acids is 2. The Morgan fingerprint density at radius 3 is 2.25 bits per heavy atom. The molecular weight excluding hydrogens is 699 g/mol. The molecule has 3 aliphatic rings. The fourth-order valence-corrected chi connectivity index (χ4v) is 8.69. The number of benzene rings is 2. The van der Waals surface area contributed by atoms with Crippen LogP contribution < -0.4 is 10.1 Å². The van der Waals surface area contributed by atoms with Crippen LogP contribution >= 0.6 is 23.2 Å². The van der Waals surface area contributed by atoms with E-state index < -0.39 is 0 Å². The van der Waals surface area contributed by atoms with E-state index in [-0.39, 0.29) is 23.3 Å². The van der Waals surface area contributed by atoms with Crippen molar-refractivity contribution >= 4 is 46.2 Å². The third-order valence-electron chi connectivity index (χ3n) is 10.6. The fraction of sp³-hybridized carbons (Fsp3) is 0.385. The fourth-order valence-electron chi connectivity index (χ4n) is 8.04. The Morgan fingerprint density at radius 2 is 1.62 bits per heavy atom. The Hall–Kier alpha value is -4.58. The van der Waals surface area contributed by atoms with Gasteiger partial charge in [0.1, 0.15) is 11.2 Å². The van der Waals surface area contributed by atoms with Gasteiger partial charge in [-0.25, -0.2) is 9.97 Å². The minimum absolute atomic E-state index is 0.126. The largest absolute Gasteiger partial charge is 0.480 e. The summed E-state index contributed by atoms with van der Waals surface area (Å²) < 4.78 is 7.66. The van der Waals surface area contributed by atoms with Gasteiger partial charge in [0.15, 0.2) is 5.65 Å². The Balaban J connectivity index is 1.01. The molecule has 0 unspecified atom stereocenters. The van der Waals surface area contributed by atoms with E-state index in [0.717, 1.165) is 91.1 Å². The molecule has 0 aliphatic carbocycles. The first-order valence-electron chi connectivity index (χ1n) is 17.7. The summed E-state index contributed by atoms with van der Waals surface area (Å²) >= 11 is 14.3. The van der Waals surface area contributed by atoms with Crippen LogP contribution in [0, 0.1) is 5.41 Å². The number of likely N-dealkylation sites (tertiary alicyclic amines) is 2. The van der Waals surface area contributed by atoms with Crippen molar-refractivity contribution < 1.29 is 14.3 Å². The smallest absolute Gasteiger partial charge is 0.235 e. The molecule has 5 aromatic rings. The van der Waals surface area contributed by atoms with Crippen LogP contribution in [0.1, 0.15) is 43.9 Å². The number of rotatable bonds is 10. The predicted octanol–water partition coefficient (Wildman–Crippen LogP) is 6.34. The van der Waals surface area contributed by atoms with Crippen LogP contribution in [-0.4, -0.2) is 85.4 Å². The van der Waals surface area contributed by atoms with Crippen molar-refractivity contribution in [3.05, 3.63) is 76.3 Å². The lowest BCUT2D eigenvalue weighted by atomic mass is 9.72. The van der Waals surface area contributed by atoms with Crippen molar-refractivity contribution in [2.45, 2.75) is 51.6 Å². The maximum absolute atomic E-state index is 11.7. The first kappa shape index (κ1) is 34.5. The van der Waals surface area contributed by atoms with Crippen LogP contribution in [0.15, 0.2) is 55.0 Å². The molecule has 0 bridgehead atoms. The molecule has 1 atom stereocenters. The van der Waals surface area contributed by atoms with E-state index in [0.29, 0.717) is 45.7 Å². The van der Waals surface area contributed by atoms with E-state index in [2.05, 4.69) is 16.4 Å². The highest BCUT2D eigenvalue weighted by molar-refractivity contribution is 6.39. The zero-order chi connectivity index (χ0) is 36.1. The summed E-state index contributed by atoms with van der Waals surface area (Å²) in [5.74, 6) is 0.741. The van der Waals surface area contributed by atoms with Gasteiger partial charge in [0, 0.05) is 98.6 Å². The van der Waals surface area contributed by atoms with Gasteiger partial charge in [-0.2, -0.15) is 0 Å². The summed E-state index contributed by atoms with van der Waals surface area (Å²) in [6.07, 6.45) is 9.55. The van der Waals surface area contributed by atoms with Crippen molar-refractivity contribution in [3.63, 3.8) is 0 Å². The number of halogens is 2. The summed E-state index contributed by atoms with van der Waals surface area (Å²) in [5.41, 5.74) is 8.07. The Kier molecular flexibility index (Phi) is 9.13. The second-order valence-corrected chi connectivity index (χ2v) is 15.2. The van der Waals surface area contributed by atoms with E-state index >= 15 is 0 Å². The molecule has 2 amide bonds. The maximum Gasteiger partial charge on any atom is 0.235 e. The van der Waals surface area contributed by atoms with Gasteiger partial charge in [-0.1, -0.05) is 59.6 Å². The summed E-state index contributed by atoms with van der Waals surface area (Å²) in [6.45, 7) is 6.11. The Morgan fingerprint density at radius 1 is 0.962 bits per heavy atom. The van der Waals surface area contributed by atoms with Gasteiger partial charge in [-0.05, 0) is 25.7 Å². The van der Waals surface area contributed by atoms with Crippen molar-refractivity contribution in [2.75, 3.05) is 33.3 Å². The minimum atomic E-state index is 0.126. The molecule has 0 radical (unpaired) electrons. The normalized spacial score (nSPS) is 18.1.